The molecular formula is C20H21N3O4. The molecule has 1 aromatic heterocycles. The molecule has 0 saturated heterocycles. The predicted molar refractivity (Wildman–Crippen MR) is 99.8 cm³/mol. The zero-order valence-electron chi connectivity index (χ0n) is 15.5. The van der Waals surface area contributed by atoms with E-state index in [1.54, 1.807) is 51.1 Å². The third-order valence-corrected chi connectivity index (χ3v) is 3.72. The Balaban J connectivity index is 2.11. The van der Waals surface area contributed by atoms with Crippen molar-refractivity contribution in [3.05, 3.63) is 52.7 Å². The van der Waals surface area contributed by atoms with E-state index in [0.29, 0.717) is 29.1 Å². The Bertz CT molecular complexity index is 887. The number of carbonyl (C=O) groups is 2. The molecule has 27 heavy (non-hydrogen) atoms. The smallest absolute Gasteiger partial charge is 0.325 e. The molecule has 0 radical (unpaired) electrons. The number of ketones is 1. The fourth-order valence-corrected chi connectivity index (χ4v) is 2.51. The van der Waals surface area contributed by atoms with E-state index in [2.05, 4.69) is 10.3 Å². The molecule has 0 saturated carbocycles. The van der Waals surface area contributed by atoms with E-state index in [0.717, 1.165) is 5.56 Å². The summed E-state index contributed by atoms with van der Waals surface area (Å²) in [6.07, 6.45) is 0. The second-order valence-corrected chi connectivity index (χ2v) is 5.79. The van der Waals surface area contributed by atoms with Gasteiger partial charge in [0.1, 0.15) is 18.2 Å². The number of rotatable bonds is 8. The summed E-state index contributed by atoms with van der Waals surface area (Å²) in [6.45, 7) is 5.27. The number of nitrogens with one attached hydrogen (secondary N) is 1. The molecule has 0 aliphatic rings. The zero-order valence-corrected chi connectivity index (χ0v) is 15.5. The van der Waals surface area contributed by atoms with E-state index in [1.165, 1.54) is 0 Å². The quantitative estimate of drug-likeness (QED) is 0.565. The van der Waals surface area contributed by atoms with Gasteiger partial charge in [0.25, 0.3) is 0 Å². The van der Waals surface area contributed by atoms with Crippen molar-refractivity contribution in [3.63, 3.8) is 0 Å². The summed E-state index contributed by atoms with van der Waals surface area (Å²) in [5, 5.41) is 12.2. The van der Waals surface area contributed by atoms with E-state index in [-0.39, 0.29) is 24.8 Å². The molecule has 0 bridgehead atoms. The third kappa shape index (κ3) is 5.28. The van der Waals surface area contributed by atoms with Crippen LogP contribution < -0.4 is 10.1 Å². The van der Waals surface area contributed by atoms with E-state index >= 15 is 0 Å². The standard InChI is InChI=1S/C20H21N3O4/c1-4-26-19(25)11-22-17-8-6-5-7-15(17)18(24)12-27-20-16(10-21)13(2)9-14(3)23-20/h5-9,22H,4,11-12H2,1-3H3. The van der Waals surface area contributed by atoms with Crippen LogP contribution in [-0.4, -0.2) is 36.5 Å². The Morgan fingerprint density at radius 1 is 1.26 bits per heavy atom. The molecule has 7 heteroatoms. The first-order valence-electron chi connectivity index (χ1n) is 8.49. The van der Waals surface area contributed by atoms with Crippen LogP contribution in [0.3, 0.4) is 0 Å². The van der Waals surface area contributed by atoms with Gasteiger partial charge in [-0.2, -0.15) is 5.26 Å². The van der Waals surface area contributed by atoms with Crippen molar-refractivity contribution in [1.29, 1.82) is 5.26 Å². The summed E-state index contributed by atoms with van der Waals surface area (Å²) in [5.41, 5.74) is 2.63. The van der Waals surface area contributed by atoms with Crippen LogP contribution in [0.15, 0.2) is 30.3 Å². The van der Waals surface area contributed by atoms with Crippen LogP contribution in [0.25, 0.3) is 0 Å². The van der Waals surface area contributed by atoms with Crippen LogP contribution in [0.1, 0.15) is 34.1 Å². The molecule has 1 aromatic carbocycles. The maximum absolute atomic E-state index is 12.6. The molecule has 0 aliphatic heterocycles. The number of nitriles is 1. The Hall–Kier alpha value is -3.40. The lowest BCUT2D eigenvalue weighted by atomic mass is 10.1. The molecule has 0 atom stereocenters. The molecule has 1 N–H and O–H groups in total. The van der Waals surface area contributed by atoms with Gasteiger partial charge in [-0.3, -0.25) is 9.59 Å². The SMILES string of the molecule is CCOC(=O)CNc1ccccc1C(=O)COc1nc(C)cc(C)c1C#N. The fraction of sp³-hybridized carbons (Fsp3) is 0.300. The topological polar surface area (TPSA) is 101 Å². The maximum Gasteiger partial charge on any atom is 0.325 e. The number of pyridine rings is 1. The van der Waals surface area contributed by atoms with E-state index in [1.807, 2.05) is 6.07 Å². The summed E-state index contributed by atoms with van der Waals surface area (Å²) >= 11 is 0. The van der Waals surface area contributed by atoms with Crippen LogP contribution in [0.5, 0.6) is 5.88 Å². The minimum atomic E-state index is -0.408. The lowest BCUT2D eigenvalue weighted by Crippen LogP contribution is -2.20. The molecule has 0 aliphatic carbocycles. The Morgan fingerprint density at radius 2 is 2.00 bits per heavy atom. The number of carbonyl (C=O) groups excluding carboxylic acids is 2. The number of nitrogens with zero attached hydrogens (tertiary/aromatic N) is 2. The summed E-state index contributed by atoms with van der Waals surface area (Å²) in [6, 6.07) is 10.6. The van der Waals surface area contributed by atoms with E-state index in [4.69, 9.17) is 9.47 Å². The highest BCUT2D eigenvalue weighted by Crippen LogP contribution is 2.21. The van der Waals surface area contributed by atoms with Gasteiger partial charge in [-0.05, 0) is 44.5 Å². The average Bonchev–Trinajstić information content (AvgIpc) is 2.64. The first kappa shape index (κ1) is 19.9. The minimum Gasteiger partial charge on any atom is -0.468 e. The molecule has 2 rings (SSSR count). The molecule has 0 amide bonds. The van der Waals surface area contributed by atoms with Crippen LogP contribution in [-0.2, 0) is 9.53 Å². The second-order valence-electron chi connectivity index (χ2n) is 5.79. The van der Waals surface area contributed by atoms with Gasteiger partial charge in [-0.25, -0.2) is 4.98 Å². The van der Waals surface area contributed by atoms with E-state index in [9.17, 15) is 14.9 Å². The summed E-state index contributed by atoms with van der Waals surface area (Å²) in [4.78, 5) is 28.3. The Labute approximate surface area is 157 Å². The van der Waals surface area contributed by atoms with Crippen LogP contribution in [0.2, 0.25) is 0 Å². The monoisotopic (exact) mass is 367 g/mol. The number of aromatic nitrogens is 1. The molecule has 0 fully saturated rings. The van der Waals surface area contributed by atoms with E-state index < -0.39 is 5.97 Å². The van der Waals surface area contributed by atoms with Crippen LogP contribution in [0, 0.1) is 25.2 Å². The van der Waals surface area contributed by atoms with Gasteiger partial charge in [-0.15, -0.1) is 0 Å². The largest absolute Gasteiger partial charge is 0.468 e. The molecule has 2 aromatic rings. The zero-order chi connectivity index (χ0) is 19.8. The number of Topliss-reactive ketones (excluding diaryl/α,β-unsaturated/α-hetero) is 1. The minimum absolute atomic E-state index is 0.0454. The van der Waals surface area contributed by atoms with Gasteiger partial charge in [-0.1, -0.05) is 12.1 Å². The summed E-state index contributed by atoms with van der Waals surface area (Å²) < 4.78 is 10.4. The highest BCUT2D eigenvalue weighted by Gasteiger charge is 2.16. The summed E-state index contributed by atoms with van der Waals surface area (Å²) in [5.74, 6) is -0.568. The fourth-order valence-electron chi connectivity index (χ4n) is 2.51. The van der Waals surface area contributed by atoms with Gasteiger partial charge in [0, 0.05) is 16.9 Å². The highest BCUT2D eigenvalue weighted by molar-refractivity contribution is 6.02. The van der Waals surface area contributed by atoms with Crippen molar-refractivity contribution < 1.29 is 19.1 Å². The van der Waals surface area contributed by atoms with Crippen molar-refractivity contribution in [2.24, 2.45) is 0 Å². The van der Waals surface area contributed by atoms with Crippen molar-refractivity contribution in [3.8, 4) is 11.9 Å². The Morgan fingerprint density at radius 3 is 2.70 bits per heavy atom. The molecule has 140 valence electrons. The van der Waals surface area contributed by atoms with Gasteiger partial charge in [0.2, 0.25) is 11.7 Å². The first-order valence-corrected chi connectivity index (χ1v) is 8.49. The average molecular weight is 367 g/mol. The van der Waals surface area contributed by atoms with Gasteiger partial charge in [0.15, 0.2) is 6.61 Å². The van der Waals surface area contributed by atoms with Crippen molar-refractivity contribution in [1.82, 2.24) is 4.98 Å². The van der Waals surface area contributed by atoms with Crippen molar-refractivity contribution in [2.75, 3.05) is 25.1 Å². The number of aryl methyl sites for hydroxylation is 2. The maximum atomic E-state index is 12.6. The molecule has 1 heterocycles. The predicted octanol–water partition coefficient (Wildman–Crippen LogP) is 2.81. The normalized spacial score (nSPS) is 10.0. The number of para-hydroxylation sites is 1. The molecular weight excluding hydrogens is 346 g/mol. The lowest BCUT2D eigenvalue weighted by molar-refractivity contribution is -0.140. The molecule has 0 unspecified atom stereocenters. The van der Waals surface area contributed by atoms with Gasteiger partial charge < -0.3 is 14.8 Å². The van der Waals surface area contributed by atoms with Crippen LogP contribution >= 0.6 is 0 Å². The number of hydrogen-bond donors (Lipinski definition) is 1. The first-order chi connectivity index (χ1) is 13.0. The van der Waals surface area contributed by atoms with Gasteiger partial charge in [0.05, 0.1) is 6.61 Å². The number of benzene rings is 1. The third-order valence-electron chi connectivity index (χ3n) is 3.72. The second kappa shape index (κ2) is 9.34. The molecule has 7 nitrogen and oxygen atoms in total. The Kier molecular flexibility index (Phi) is 6.89. The van der Waals surface area contributed by atoms with Crippen LogP contribution in [0.4, 0.5) is 5.69 Å². The number of esters is 1. The van der Waals surface area contributed by atoms with Crippen molar-refractivity contribution >= 4 is 17.4 Å². The molecule has 0 spiro atoms. The summed E-state index contributed by atoms with van der Waals surface area (Å²) in [7, 11) is 0. The lowest BCUT2D eigenvalue weighted by Gasteiger charge is -2.12. The van der Waals surface area contributed by atoms with Gasteiger partial charge >= 0.3 is 5.97 Å². The van der Waals surface area contributed by atoms with Crippen molar-refractivity contribution in [2.45, 2.75) is 20.8 Å². The number of ether oxygens (including phenoxy) is 2. The number of hydrogen-bond acceptors (Lipinski definition) is 7. The number of anilines is 1. The highest BCUT2D eigenvalue weighted by atomic mass is 16.5.